The van der Waals surface area contributed by atoms with Crippen molar-refractivity contribution in [3.05, 3.63) is 54.3 Å². The van der Waals surface area contributed by atoms with E-state index in [0.717, 1.165) is 0 Å². The van der Waals surface area contributed by atoms with E-state index < -0.39 is 5.91 Å². The predicted molar refractivity (Wildman–Crippen MR) is 99.4 cm³/mol. The van der Waals surface area contributed by atoms with Crippen LogP contribution in [0.25, 0.3) is 0 Å². The number of benzene rings is 2. The molecule has 0 aliphatic heterocycles. The monoisotopic (exact) mass is 373 g/mol. The Bertz CT molecular complexity index is 805. The summed E-state index contributed by atoms with van der Waals surface area (Å²) in [6.45, 7) is 1.39. The van der Waals surface area contributed by atoms with Gasteiger partial charge in [-0.2, -0.15) is 5.10 Å². The van der Waals surface area contributed by atoms with Gasteiger partial charge >= 0.3 is 0 Å². The molecule has 2 rings (SSSR count). The van der Waals surface area contributed by atoms with Gasteiger partial charge < -0.3 is 14.8 Å². The second-order valence-corrected chi connectivity index (χ2v) is 5.58. The van der Waals surface area contributed by atoms with Gasteiger partial charge in [-0.25, -0.2) is 9.82 Å². The molecule has 7 nitrogen and oxygen atoms in total. The summed E-state index contributed by atoms with van der Waals surface area (Å²) < 4.78 is 23.2. The summed E-state index contributed by atoms with van der Waals surface area (Å²) in [6, 6.07) is 12.2. The molecule has 0 aliphatic rings. The first-order chi connectivity index (χ1) is 13.0. The largest absolute Gasteiger partial charge is 0.497 e. The van der Waals surface area contributed by atoms with E-state index in [2.05, 4.69) is 15.8 Å². The van der Waals surface area contributed by atoms with Crippen LogP contribution in [0.1, 0.15) is 13.3 Å². The van der Waals surface area contributed by atoms with Gasteiger partial charge in [-0.1, -0.05) is 0 Å². The number of amides is 2. The summed E-state index contributed by atoms with van der Waals surface area (Å²) in [4.78, 5) is 23.6. The van der Waals surface area contributed by atoms with Crippen molar-refractivity contribution in [1.29, 1.82) is 0 Å². The number of hydrogen-bond donors (Lipinski definition) is 2. The van der Waals surface area contributed by atoms with Gasteiger partial charge in [0.1, 0.15) is 17.3 Å². The van der Waals surface area contributed by atoms with Crippen molar-refractivity contribution in [2.24, 2.45) is 5.10 Å². The average molecular weight is 373 g/mol. The highest BCUT2D eigenvalue weighted by Crippen LogP contribution is 2.16. The van der Waals surface area contributed by atoms with Gasteiger partial charge in [0.2, 0.25) is 5.91 Å². The van der Waals surface area contributed by atoms with Crippen LogP contribution in [0.4, 0.5) is 10.1 Å². The molecule has 2 N–H and O–H groups in total. The summed E-state index contributed by atoms with van der Waals surface area (Å²) in [5.41, 5.74) is 3.21. The summed E-state index contributed by atoms with van der Waals surface area (Å²) >= 11 is 0. The van der Waals surface area contributed by atoms with Crippen LogP contribution in [0.5, 0.6) is 11.5 Å². The Morgan fingerprint density at radius 2 is 1.63 bits per heavy atom. The molecular weight excluding hydrogens is 353 g/mol. The molecule has 27 heavy (non-hydrogen) atoms. The highest BCUT2D eigenvalue weighted by molar-refractivity contribution is 6.05. The van der Waals surface area contributed by atoms with Crippen LogP contribution in [0.15, 0.2) is 53.6 Å². The molecular formula is C19H20FN3O4. The van der Waals surface area contributed by atoms with Crippen LogP contribution < -0.4 is 20.2 Å². The summed E-state index contributed by atoms with van der Waals surface area (Å²) in [7, 11) is 1.56. The van der Waals surface area contributed by atoms with E-state index in [1.807, 2.05) is 0 Å². The third-order valence-corrected chi connectivity index (χ3v) is 3.35. The normalized spacial score (nSPS) is 10.9. The summed E-state index contributed by atoms with van der Waals surface area (Å²) in [5.74, 6) is 0.0391. The molecule has 2 amide bonds. The number of ether oxygens (including phenoxy) is 2. The second-order valence-electron chi connectivity index (χ2n) is 5.58. The molecule has 0 saturated heterocycles. The molecule has 0 spiro atoms. The van der Waals surface area contributed by atoms with E-state index >= 15 is 0 Å². The van der Waals surface area contributed by atoms with Gasteiger partial charge in [0.15, 0.2) is 6.61 Å². The smallest absolute Gasteiger partial charge is 0.277 e. The Kier molecular flexibility index (Phi) is 7.30. The van der Waals surface area contributed by atoms with E-state index in [9.17, 15) is 14.0 Å². The van der Waals surface area contributed by atoms with Crippen molar-refractivity contribution in [2.45, 2.75) is 13.3 Å². The highest BCUT2D eigenvalue weighted by Gasteiger charge is 2.06. The molecule has 0 fully saturated rings. The lowest BCUT2D eigenvalue weighted by atomic mass is 10.2. The summed E-state index contributed by atoms with van der Waals surface area (Å²) in [5, 5.41) is 6.47. The first-order valence-corrected chi connectivity index (χ1v) is 8.10. The van der Waals surface area contributed by atoms with Gasteiger partial charge in [0.05, 0.1) is 13.5 Å². The molecule has 2 aromatic rings. The lowest BCUT2D eigenvalue weighted by Gasteiger charge is -2.07. The van der Waals surface area contributed by atoms with Gasteiger partial charge in [-0.05, 0) is 55.5 Å². The number of carbonyl (C=O) groups is 2. The number of rotatable bonds is 8. The Morgan fingerprint density at radius 1 is 1.00 bits per heavy atom. The zero-order valence-electron chi connectivity index (χ0n) is 15.0. The molecule has 0 aromatic heterocycles. The standard InChI is InChI=1S/C19H20FN3O4/c1-13(11-18(24)21-15-5-3-14(20)4-6-15)22-23-19(25)12-27-17-9-7-16(26-2)8-10-17/h3-10H,11-12H2,1-2H3,(H,21,24)(H,23,25)/b22-13-. The fourth-order valence-corrected chi connectivity index (χ4v) is 2.02. The average Bonchev–Trinajstić information content (AvgIpc) is 2.67. The number of halogens is 1. The van der Waals surface area contributed by atoms with Gasteiger partial charge in [0.25, 0.3) is 5.91 Å². The first-order valence-electron chi connectivity index (χ1n) is 8.10. The van der Waals surface area contributed by atoms with E-state index in [1.54, 1.807) is 38.3 Å². The topological polar surface area (TPSA) is 89.0 Å². The molecule has 0 bridgehead atoms. The number of anilines is 1. The molecule has 0 radical (unpaired) electrons. The van der Waals surface area contributed by atoms with Crippen molar-refractivity contribution in [3.8, 4) is 11.5 Å². The van der Waals surface area contributed by atoms with E-state index in [1.165, 1.54) is 24.3 Å². The highest BCUT2D eigenvalue weighted by atomic mass is 19.1. The van der Waals surface area contributed by atoms with Crippen molar-refractivity contribution < 1.29 is 23.5 Å². The molecule has 0 heterocycles. The zero-order valence-corrected chi connectivity index (χ0v) is 15.0. The van der Waals surface area contributed by atoms with Gasteiger partial charge in [0, 0.05) is 11.4 Å². The molecule has 0 aliphatic carbocycles. The number of hydrogen-bond acceptors (Lipinski definition) is 5. The van der Waals surface area contributed by atoms with Crippen molar-refractivity contribution in [1.82, 2.24) is 5.43 Å². The third-order valence-electron chi connectivity index (χ3n) is 3.35. The fourth-order valence-electron chi connectivity index (χ4n) is 2.02. The quantitative estimate of drug-likeness (QED) is 0.550. The van der Waals surface area contributed by atoms with Crippen LogP contribution in [0.3, 0.4) is 0 Å². The maximum atomic E-state index is 12.8. The number of nitrogens with zero attached hydrogens (tertiary/aromatic N) is 1. The molecule has 2 aromatic carbocycles. The minimum absolute atomic E-state index is 0.0169. The Labute approximate surface area is 156 Å². The van der Waals surface area contributed by atoms with Crippen LogP contribution in [0.2, 0.25) is 0 Å². The van der Waals surface area contributed by atoms with Crippen LogP contribution >= 0.6 is 0 Å². The van der Waals surface area contributed by atoms with Crippen LogP contribution in [-0.4, -0.2) is 31.2 Å². The molecule has 0 unspecified atom stereocenters. The molecule has 0 atom stereocenters. The van der Waals surface area contributed by atoms with Crippen molar-refractivity contribution >= 4 is 23.2 Å². The number of nitrogens with one attached hydrogen (secondary N) is 2. The maximum Gasteiger partial charge on any atom is 0.277 e. The van der Waals surface area contributed by atoms with E-state index in [4.69, 9.17) is 9.47 Å². The Morgan fingerprint density at radius 3 is 2.26 bits per heavy atom. The summed E-state index contributed by atoms with van der Waals surface area (Å²) in [6.07, 6.45) is -0.0169. The van der Waals surface area contributed by atoms with Gasteiger partial charge in [-0.3, -0.25) is 9.59 Å². The number of carbonyl (C=O) groups excluding carboxylic acids is 2. The Balaban J connectivity index is 1.73. The van der Waals surface area contributed by atoms with Crippen LogP contribution in [0, 0.1) is 5.82 Å². The maximum absolute atomic E-state index is 12.8. The molecule has 142 valence electrons. The molecule has 8 heteroatoms. The van der Waals surface area contributed by atoms with Crippen molar-refractivity contribution in [2.75, 3.05) is 19.0 Å². The first kappa shape index (κ1) is 19.9. The minimum Gasteiger partial charge on any atom is -0.497 e. The fraction of sp³-hybridized carbons (Fsp3) is 0.211. The number of methoxy groups -OCH3 is 1. The predicted octanol–water partition coefficient (Wildman–Crippen LogP) is 2.73. The van der Waals surface area contributed by atoms with Crippen molar-refractivity contribution in [3.63, 3.8) is 0 Å². The van der Waals surface area contributed by atoms with Gasteiger partial charge in [-0.15, -0.1) is 0 Å². The SMILES string of the molecule is COc1ccc(OCC(=O)N/N=C(/C)CC(=O)Nc2ccc(F)cc2)cc1. The second kappa shape index (κ2) is 9.91. The zero-order chi connectivity index (χ0) is 19.6. The number of hydrazone groups is 1. The van der Waals surface area contributed by atoms with Crippen LogP contribution in [-0.2, 0) is 9.59 Å². The third kappa shape index (κ3) is 7.15. The van der Waals surface area contributed by atoms with E-state index in [-0.39, 0.29) is 24.8 Å². The van der Waals surface area contributed by atoms with E-state index in [0.29, 0.717) is 22.9 Å². The molecule has 0 saturated carbocycles. The Hall–Kier alpha value is -3.42. The minimum atomic E-state index is -0.455. The lowest BCUT2D eigenvalue weighted by molar-refractivity contribution is -0.123. The lowest BCUT2D eigenvalue weighted by Crippen LogP contribution is -2.26.